The Morgan fingerprint density at radius 2 is 2.00 bits per heavy atom. The van der Waals surface area contributed by atoms with Crippen LogP contribution in [0.4, 0.5) is 5.69 Å². The van der Waals surface area contributed by atoms with Crippen molar-refractivity contribution in [1.82, 2.24) is 4.90 Å². The highest BCUT2D eigenvalue weighted by Crippen LogP contribution is 2.25. The molecule has 0 radical (unpaired) electrons. The monoisotopic (exact) mass is 400 g/mol. The first-order valence-electron chi connectivity index (χ1n) is 9.44. The van der Waals surface area contributed by atoms with Gasteiger partial charge in [-0.2, -0.15) is 0 Å². The number of piperidine rings is 1. The molecule has 1 N–H and O–H groups in total. The highest BCUT2D eigenvalue weighted by atomic mass is 35.5. The van der Waals surface area contributed by atoms with Gasteiger partial charge < -0.3 is 10.1 Å². The van der Waals surface area contributed by atoms with E-state index >= 15 is 0 Å². The third-order valence-electron chi connectivity index (χ3n) is 5.23. The lowest BCUT2D eigenvalue weighted by atomic mass is 9.96. The van der Waals surface area contributed by atoms with Gasteiger partial charge in [0.25, 0.3) is 0 Å². The average molecular weight is 401 g/mol. The van der Waals surface area contributed by atoms with Gasteiger partial charge in [-0.3, -0.25) is 9.69 Å². The van der Waals surface area contributed by atoms with E-state index < -0.39 is 5.97 Å². The zero-order valence-electron chi connectivity index (χ0n) is 16.2. The zero-order chi connectivity index (χ0) is 20.1. The van der Waals surface area contributed by atoms with Crippen LogP contribution in [-0.2, 0) is 16.1 Å². The van der Waals surface area contributed by atoms with Crippen LogP contribution >= 0.6 is 11.6 Å². The van der Waals surface area contributed by atoms with Crippen molar-refractivity contribution in [3.63, 3.8) is 0 Å². The van der Waals surface area contributed by atoms with E-state index in [1.165, 1.54) is 7.11 Å². The number of amides is 1. The predicted octanol–water partition coefficient (Wildman–Crippen LogP) is 4.29. The Labute approximate surface area is 170 Å². The second-order valence-corrected chi connectivity index (χ2v) is 7.53. The van der Waals surface area contributed by atoms with E-state index in [0.717, 1.165) is 36.5 Å². The molecule has 28 heavy (non-hydrogen) atoms. The SMILES string of the molecule is COC(=O)c1cccc(NC(=O)[C@H]2CCCN(Cc3ccccc3Cl)C2)c1C. The number of methoxy groups -OCH3 is 1. The lowest BCUT2D eigenvalue weighted by Crippen LogP contribution is -2.40. The van der Waals surface area contributed by atoms with E-state index in [2.05, 4.69) is 10.2 Å². The van der Waals surface area contributed by atoms with Crippen molar-refractivity contribution in [2.75, 3.05) is 25.5 Å². The number of carbonyl (C=O) groups excluding carboxylic acids is 2. The molecule has 6 heteroatoms. The topological polar surface area (TPSA) is 58.6 Å². The Morgan fingerprint density at radius 3 is 2.75 bits per heavy atom. The van der Waals surface area contributed by atoms with Crippen molar-refractivity contribution in [1.29, 1.82) is 0 Å². The minimum absolute atomic E-state index is 0.0195. The molecule has 1 heterocycles. The molecule has 5 nitrogen and oxygen atoms in total. The molecule has 0 unspecified atom stereocenters. The smallest absolute Gasteiger partial charge is 0.338 e. The average Bonchev–Trinajstić information content (AvgIpc) is 2.71. The Kier molecular flexibility index (Phi) is 6.70. The number of nitrogens with zero attached hydrogens (tertiary/aromatic N) is 1. The number of hydrogen-bond donors (Lipinski definition) is 1. The van der Waals surface area contributed by atoms with E-state index in [0.29, 0.717) is 23.4 Å². The number of benzene rings is 2. The summed E-state index contributed by atoms with van der Waals surface area (Å²) >= 11 is 6.28. The lowest BCUT2D eigenvalue weighted by molar-refractivity contribution is -0.121. The van der Waals surface area contributed by atoms with Crippen LogP contribution in [0.2, 0.25) is 5.02 Å². The van der Waals surface area contributed by atoms with Crippen molar-refractivity contribution < 1.29 is 14.3 Å². The molecule has 1 saturated heterocycles. The van der Waals surface area contributed by atoms with Crippen LogP contribution in [0, 0.1) is 12.8 Å². The molecule has 1 amide bonds. The number of rotatable bonds is 5. The highest BCUT2D eigenvalue weighted by Gasteiger charge is 2.26. The molecule has 1 fully saturated rings. The van der Waals surface area contributed by atoms with Crippen LogP contribution in [0.15, 0.2) is 42.5 Å². The van der Waals surface area contributed by atoms with Gasteiger partial charge in [0, 0.05) is 23.8 Å². The predicted molar refractivity (Wildman–Crippen MR) is 111 cm³/mol. The van der Waals surface area contributed by atoms with E-state index in [1.807, 2.05) is 37.3 Å². The summed E-state index contributed by atoms with van der Waals surface area (Å²) in [7, 11) is 1.35. The summed E-state index contributed by atoms with van der Waals surface area (Å²) in [6.45, 7) is 4.19. The van der Waals surface area contributed by atoms with E-state index in [1.54, 1.807) is 12.1 Å². The third kappa shape index (κ3) is 4.72. The van der Waals surface area contributed by atoms with Gasteiger partial charge in [-0.15, -0.1) is 0 Å². The Bertz CT molecular complexity index is 869. The van der Waals surface area contributed by atoms with Crippen molar-refractivity contribution >= 4 is 29.2 Å². The zero-order valence-corrected chi connectivity index (χ0v) is 17.0. The van der Waals surface area contributed by atoms with E-state index in [-0.39, 0.29) is 11.8 Å². The van der Waals surface area contributed by atoms with E-state index in [9.17, 15) is 9.59 Å². The molecule has 2 aromatic carbocycles. The number of carbonyl (C=O) groups is 2. The Balaban J connectivity index is 1.66. The van der Waals surface area contributed by atoms with Gasteiger partial charge in [-0.25, -0.2) is 4.79 Å². The van der Waals surface area contributed by atoms with Crippen molar-refractivity contribution in [3.8, 4) is 0 Å². The minimum atomic E-state index is -0.405. The maximum Gasteiger partial charge on any atom is 0.338 e. The van der Waals surface area contributed by atoms with Gasteiger partial charge in [0.05, 0.1) is 18.6 Å². The molecular formula is C22H25ClN2O3. The molecule has 1 atom stereocenters. The van der Waals surface area contributed by atoms with Crippen molar-refractivity contribution in [3.05, 3.63) is 64.2 Å². The summed E-state index contributed by atoms with van der Waals surface area (Å²) in [4.78, 5) is 27.0. The van der Waals surface area contributed by atoms with E-state index in [4.69, 9.17) is 16.3 Å². The fourth-order valence-electron chi connectivity index (χ4n) is 3.62. The van der Waals surface area contributed by atoms with Crippen LogP contribution in [0.3, 0.4) is 0 Å². The molecule has 0 aromatic heterocycles. The Hall–Kier alpha value is -2.37. The normalized spacial score (nSPS) is 17.2. The van der Waals surface area contributed by atoms with Gasteiger partial charge in [-0.1, -0.05) is 35.9 Å². The maximum absolute atomic E-state index is 12.9. The Morgan fingerprint density at radius 1 is 1.21 bits per heavy atom. The molecule has 0 bridgehead atoms. The summed E-state index contributed by atoms with van der Waals surface area (Å²) in [6, 6.07) is 13.1. The molecule has 0 aliphatic carbocycles. The van der Waals surface area contributed by atoms with Crippen LogP contribution in [-0.4, -0.2) is 37.0 Å². The summed E-state index contributed by atoms with van der Waals surface area (Å²) < 4.78 is 4.80. The molecule has 2 aromatic rings. The fraction of sp³-hybridized carbons (Fsp3) is 0.364. The standard InChI is InChI=1S/C22H25ClN2O3/c1-15-18(22(27)28-2)9-5-11-20(15)24-21(26)17-8-6-12-25(14-17)13-16-7-3-4-10-19(16)23/h3-5,7,9-11,17H,6,8,12-14H2,1-2H3,(H,24,26)/t17-/m0/s1. The number of anilines is 1. The summed E-state index contributed by atoms with van der Waals surface area (Å²) in [5.41, 5.74) is 2.90. The van der Waals surface area contributed by atoms with Crippen molar-refractivity contribution in [2.24, 2.45) is 5.92 Å². The molecule has 1 aliphatic rings. The van der Waals surface area contributed by atoms with Crippen LogP contribution in [0.5, 0.6) is 0 Å². The fourth-order valence-corrected chi connectivity index (χ4v) is 3.81. The van der Waals surface area contributed by atoms with Gasteiger partial charge in [0.2, 0.25) is 5.91 Å². The second kappa shape index (κ2) is 9.22. The maximum atomic E-state index is 12.9. The second-order valence-electron chi connectivity index (χ2n) is 7.12. The molecule has 0 spiro atoms. The summed E-state index contributed by atoms with van der Waals surface area (Å²) in [5, 5.41) is 3.75. The molecule has 3 rings (SSSR count). The van der Waals surface area contributed by atoms with Gasteiger partial charge >= 0.3 is 5.97 Å². The van der Waals surface area contributed by atoms with Crippen LogP contribution in [0.25, 0.3) is 0 Å². The molecule has 1 aliphatic heterocycles. The number of likely N-dealkylation sites (tertiary alicyclic amines) is 1. The first-order chi connectivity index (χ1) is 13.5. The number of nitrogens with one attached hydrogen (secondary N) is 1. The first kappa shape index (κ1) is 20.4. The van der Waals surface area contributed by atoms with Gasteiger partial charge in [-0.05, 0) is 55.6 Å². The van der Waals surface area contributed by atoms with Crippen molar-refractivity contribution in [2.45, 2.75) is 26.3 Å². The summed E-state index contributed by atoms with van der Waals surface area (Å²) in [6.07, 6.45) is 1.81. The molecule has 0 saturated carbocycles. The summed E-state index contributed by atoms with van der Waals surface area (Å²) in [5.74, 6) is -0.524. The minimum Gasteiger partial charge on any atom is -0.465 e. The van der Waals surface area contributed by atoms with Gasteiger partial charge in [0.15, 0.2) is 0 Å². The number of halogens is 1. The van der Waals surface area contributed by atoms with Crippen LogP contribution < -0.4 is 5.32 Å². The quantitative estimate of drug-likeness (QED) is 0.761. The number of hydrogen-bond acceptors (Lipinski definition) is 4. The number of esters is 1. The largest absolute Gasteiger partial charge is 0.465 e. The van der Waals surface area contributed by atoms with Crippen LogP contribution in [0.1, 0.15) is 34.3 Å². The first-order valence-corrected chi connectivity index (χ1v) is 9.82. The third-order valence-corrected chi connectivity index (χ3v) is 5.59. The highest BCUT2D eigenvalue weighted by molar-refractivity contribution is 6.31. The van der Waals surface area contributed by atoms with Gasteiger partial charge in [0.1, 0.15) is 0 Å². The lowest BCUT2D eigenvalue weighted by Gasteiger charge is -2.32. The molecule has 148 valence electrons. The number of ether oxygens (including phenoxy) is 1. The molecular weight excluding hydrogens is 376 g/mol.